The highest BCUT2D eigenvalue weighted by molar-refractivity contribution is 9.10. The maximum Gasteiger partial charge on any atom is 0.338 e. The standard InChI is InChI=1S/C12H16BrNO3/c1-2-5-16-6-7-17-12(15)9-3-4-11(14)10(13)8-9/h3-4,8H,2,5-7,14H2,1H3. The van der Waals surface area contributed by atoms with Crippen LogP contribution in [0.2, 0.25) is 0 Å². The quantitative estimate of drug-likeness (QED) is 0.498. The fraction of sp³-hybridized carbons (Fsp3) is 0.417. The van der Waals surface area contributed by atoms with E-state index in [4.69, 9.17) is 15.2 Å². The molecule has 0 aliphatic rings. The van der Waals surface area contributed by atoms with Crippen LogP contribution in [0.1, 0.15) is 23.7 Å². The van der Waals surface area contributed by atoms with E-state index in [0.29, 0.717) is 28.9 Å². The Morgan fingerprint density at radius 1 is 1.35 bits per heavy atom. The molecule has 0 saturated carbocycles. The second kappa shape index (κ2) is 7.29. The number of carbonyl (C=O) groups excluding carboxylic acids is 1. The molecule has 17 heavy (non-hydrogen) atoms. The van der Waals surface area contributed by atoms with Gasteiger partial charge < -0.3 is 15.2 Å². The van der Waals surface area contributed by atoms with Gasteiger partial charge in [0.25, 0.3) is 0 Å². The first-order valence-corrected chi connectivity index (χ1v) is 6.24. The molecule has 1 rings (SSSR count). The first kappa shape index (κ1) is 14.0. The molecule has 0 atom stereocenters. The smallest absolute Gasteiger partial charge is 0.338 e. The van der Waals surface area contributed by atoms with E-state index >= 15 is 0 Å². The molecule has 5 heteroatoms. The van der Waals surface area contributed by atoms with E-state index in [1.165, 1.54) is 0 Å². The van der Waals surface area contributed by atoms with Gasteiger partial charge in [-0.2, -0.15) is 0 Å². The Hall–Kier alpha value is -1.07. The molecule has 0 aromatic heterocycles. The first-order valence-electron chi connectivity index (χ1n) is 5.45. The molecule has 0 aliphatic heterocycles. The van der Waals surface area contributed by atoms with Crippen LogP contribution in [-0.2, 0) is 9.47 Å². The number of anilines is 1. The topological polar surface area (TPSA) is 61.5 Å². The number of esters is 1. The summed E-state index contributed by atoms with van der Waals surface area (Å²) in [4.78, 5) is 11.6. The summed E-state index contributed by atoms with van der Waals surface area (Å²) in [5.41, 5.74) is 6.69. The second-order valence-corrected chi connectivity index (χ2v) is 4.34. The van der Waals surface area contributed by atoms with Crippen molar-refractivity contribution < 1.29 is 14.3 Å². The van der Waals surface area contributed by atoms with E-state index in [-0.39, 0.29) is 12.6 Å². The Balaban J connectivity index is 2.39. The van der Waals surface area contributed by atoms with Crippen molar-refractivity contribution in [3.63, 3.8) is 0 Å². The SMILES string of the molecule is CCCOCCOC(=O)c1ccc(N)c(Br)c1. The number of ether oxygens (including phenoxy) is 2. The van der Waals surface area contributed by atoms with Crippen molar-refractivity contribution in [3.8, 4) is 0 Å². The van der Waals surface area contributed by atoms with Crippen molar-refractivity contribution in [1.82, 2.24) is 0 Å². The van der Waals surface area contributed by atoms with Gasteiger partial charge in [-0.15, -0.1) is 0 Å². The zero-order valence-corrected chi connectivity index (χ0v) is 11.3. The van der Waals surface area contributed by atoms with Crippen LogP contribution in [0.15, 0.2) is 22.7 Å². The van der Waals surface area contributed by atoms with Crippen LogP contribution in [0.5, 0.6) is 0 Å². The number of benzene rings is 1. The van der Waals surface area contributed by atoms with E-state index in [0.717, 1.165) is 6.42 Å². The molecule has 0 spiro atoms. The minimum atomic E-state index is -0.370. The van der Waals surface area contributed by atoms with Gasteiger partial charge >= 0.3 is 5.97 Å². The van der Waals surface area contributed by atoms with Crippen LogP contribution in [-0.4, -0.2) is 25.8 Å². The summed E-state index contributed by atoms with van der Waals surface area (Å²) in [6.07, 6.45) is 0.957. The summed E-state index contributed by atoms with van der Waals surface area (Å²) in [7, 11) is 0. The molecule has 4 nitrogen and oxygen atoms in total. The largest absolute Gasteiger partial charge is 0.460 e. The van der Waals surface area contributed by atoms with E-state index in [2.05, 4.69) is 15.9 Å². The molecule has 0 aliphatic carbocycles. The lowest BCUT2D eigenvalue weighted by atomic mass is 10.2. The van der Waals surface area contributed by atoms with Crippen LogP contribution in [0, 0.1) is 0 Å². The van der Waals surface area contributed by atoms with E-state index in [9.17, 15) is 4.79 Å². The van der Waals surface area contributed by atoms with Gasteiger partial charge in [-0.3, -0.25) is 0 Å². The van der Waals surface area contributed by atoms with Gasteiger partial charge in [0, 0.05) is 16.8 Å². The minimum absolute atomic E-state index is 0.265. The molecule has 0 bridgehead atoms. The fourth-order valence-corrected chi connectivity index (χ4v) is 1.56. The zero-order valence-electron chi connectivity index (χ0n) is 9.74. The summed E-state index contributed by atoms with van der Waals surface area (Å²) >= 11 is 3.26. The molecule has 2 N–H and O–H groups in total. The molecule has 0 saturated heterocycles. The fourth-order valence-electron chi connectivity index (χ4n) is 1.18. The minimum Gasteiger partial charge on any atom is -0.460 e. The Morgan fingerprint density at radius 2 is 2.12 bits per heavy atom. The van der Waals surface area contributed by atoms with E-state index in [1.54, 1.807) is 18.2 Å². The molecular weight excluding hydrogens is 286 g/mol. The number of carbonyl (C=O) groups is 1. The van der Waals surface area contributed by atoms with Gasteiger partial charge in [0.1, 0.15) is 6.61 Å². The molecule has 0 amide bonds. The first-order chi connectivity index (χ1) is 8.15. The third-order valence-corrected chi connectivity index (χ3v) is 2.73. The zero-order chi connectivity index (χ0) is 12.7. The number of nitrogen functional groups attached to an aromatic ring is 1. The van der Waals surface area contributed by atoms with Crippen LogP contribution in [0.3, 0.4) is 0 Å². The number of hydrogen-bond donors (Lipinski definition) is 1. The summed E-state index contributed by atoms with van der Waals surface area (Å²) in [5.74, 6) is -0.370. The van der Waals surface area contributed by atoms with Crippen LogP contribution in [0.25, 0.3) is 0 Å². The average Bonchev–Trinajstić information content (AvgIpc) is 2.32. The molecule has 1 aromatic carbocycles. The number of hydrogen-bond acceptors (Lipinski definition) is 4. The van der Waals surface area contributed by atoms with Crippen molar-refractivity contribution >= 4 is 27.6 Å². The number of halogens is 1. The van der Waals surface area contributed by atoms with Crippen LogP contribution in [0.4, 0.5) is 5.69 Å². The molecule has 0 fully saturated rings. The van der Waals surface area contributed by atoms with Crippen molar-refractivity contribution in [1.29, 1.82) is 0 Å². The highest BCUT2D eigenvalue weighted by atomic mass is 79.9. The Bertz CT molecular complexity index is 382. The molecule has 0 radical (unpaired) electrons. The summed E-state index contributed by atoms with van der Waals surface area (Å²) in [6, 6.07) is 4.94. The van der Waals surface area contributed by atoms with E-state index in [1.807, 2.05) is 6.92 Å². The summed E-state index contributed by atoms with van der Waals surface area (Å²) < 4.78 is 10.9. The lowest BCUT2D eigenvalue weighted by molar-refractivity contribution is 0.0318. The predicted octanol–water partition coefficient (Wildman–Crippen LogP) is 2.61. The Kier molecular flexibility index (Phi) is 6.00. The number of rotatable bonds is 6. The third-order valence-electron chi connectivity index (χ3n) is 2.05. The lowest BCUT2D eigenvalue weighted by Gasteiger charge is -2.06. The highest BCUT2D eigenvalue weighted by Gasteiger charge is 2.08. The van der Waals surface area contributed by atoms with Gasteiger partial charge in [0.05, 0.1) is 12.2 Å². The van der Waals surface area contributed by atoms with Crippen LogP contribution < -0.4 is 5.73 Å². The second-order valence-electron chi connectivity index (χ2n) is 3.48. The van der Waals surface area contributed by atoms with Gasteiger partial charge in [-0.1, -0.05) is 6.92 Å². The van der Waals surface area contributed by atoms with Crippen molar-refractivity contribution in [2.75, 3.05) is 25.6 Å². The third kappa shape index (κ3) is 4.75. The van der Waals surface area contributed by atoms with Crippen molar-refractivity contribution in [2.24, 2.45) is 0 Å². The lowest BCUT2D eigenvalue weighted by Crippen LogP contribution is -2.11. The van der Waals surface area contributed by atoms with Crippen molar-refractivity contribution in [3.05, 3.63) is 28.2 Å². The molecule has 0 heterocycles. The summed E-state index contributed by atoms with van der Waals surface area (Å²) in [5, 5.41) is 0. The van der Waals surface area contributed by atoms with Crippen LogP contribution >= 0.6 is 15.9 Å². The maximum atomic E-state index is 11.6. The average molecular weight is 302 g/mol. The van der Waals surface area contributed by atoms with E-state index < -0.39 is 0 Å². The predicted molar refractivity (Wildman–Crippen MR) is 69.9 cm³/mol. The summed E-state index contributed by atoms with van der Waals surface area (Å²) in [6.45, 7) is 3.40. The molecule has 1 aromatic rings. The van der Waals surface area contributed by atoms with Crippen molar-refractivity contribution in [2.45, 2.75) is 13.3 Å². The Morgan fingerprint density at radius 3 is 2.76 bits per heavy atom. The monoisotopic (exact) mass is 301 g/mol. The maximum absolute atomic E-state index is 11.6. The molecule has 0 unspecified atom stereocenters. The van der Waals surface area contributed by atoms with Gasteiger partial charge in [-0.05, 0) is 40.5 Å². The number of nitrogens with two attached hydrogens (primary N) is 1. The Labute approximate surface area is 109 Å². The van der Waals surface area contributed by atoms with Gasteiger partial charge in [0.15, 0.2) is 0 Å². The molecular formula is C12H16BrNO3. The highest BCUT2D eigenvalue weighted by Crippen LogP contribution is 2.20. The van der Waals surface area contributed by atoms with Gasteiger partial charge in [0.2, 0.25) is 0 Å². The molecule has 94 valence electrons. The van der Waals surface area contributed by atoms with Gasteiger partial charge in [-0.25, -0.2) is 4.79 Å². The normalized spacial score (nSPS) is 10.2.